The van der Waals surface area contributed by atoms with Crippen molar-refractivity contribution >= 4 is 33.0 Å². The van der Waals surface area contributed by atoms with Crippen molar-refractivity contribution in [2.45, 2.75) is 30.3 Å². The van der Waals surface area contributed by atoms with Gasteiger partial charge in [0.15, 0.2) is 0 Å². The molecule has 0 spiro atoms. The zero-order valence-corrected chi connectivity index (χ0v) is 15.5. The Morgan fingerprint density at radius 3 is 2.38 bits per heavy atom. The largest absolute Gasteiger partial charge is 0.416 e. The number of hydrogen-bond acceptors (Lipinski definition) is 4. The molecule has 0 unspecified atom stereocenters. The molecule has 0 fully saturated rings. The Bertz CT molecular complexity index is 863. The van der Waals surface area contributed by atoms with Gasteiger partial charge in [-0.3, -0.25) is 4.79 Å². The number of sulfonamides is 1. The first kappa shape index (κ1) is 20.4. The lowest BCUT2D eigenvalue weighted by Crippen LogP contribution is -2.46. The molecule has 0 aliphatic heterocycles. The molecular weight excluding hydrogens is 389 g/mol. The molecule has 26 heavy (non-hydrogen) atoms. The second-order valence-corrected chi connectivity index (χ2v) is 8.73. The van der Waals surface area contributed by atoms with Crippen LogP contribution >= 0.6 is 11.3 Å². The first-order chi connectivity index (χ1) is 12.0. The maximum atomic E-state index is 12.8. The summed E-state index contributed by atoms with van der Waals surface area (Å²) in [4.78, 5) is 12.4. The van der Waals surface area contributed by atoms with Gasteiger partial charge in [0, 0.05) is 5.69 Å². The van der Waals surface area contributed by atoms with Gasteiger partial charge < -0.3 is 5.32 Å². The molecule has 2 N–H and O–H groups in total. The van der Waals surface area contributed by atoms with Crippen LogP contribution in [0.3, 0.4) is 0 Å². The number of benzene rings is 1. The van der Waals surface area contributed by atoms with Crippen LogP contribution < -0.4 is 10.0 Å². The zero-order valence-electron chi connectivity index (χ0n) is 13.9. The minimum atomic E-state index is -4.54. The van der Waals surface area contributed by atoms with Crippen LogP contribution in [0.2, 0.25) is 0 Å². The van der Waals surface area contributed by atoms with Crippen LogP contribution in [0.15, 0.2) is 46.0 Å². The predicted octanol–water partition coefficient (Wildman–Crippen LogP) is 3.71. The zero-order chi connectivity index (χ0) is 19.5. The number of anilines is 1. The van der Waals surface area contributed by atoms with Gasteiger partial charge in [0.2, 0.25) is 5.91 Å². The Balaban J connectivity index is 2.20. The summed E-state index contributed by atoms with van der Waals surface area (Å²) in [6.07, 6.45) is -4.54. The number of amides is 1. The van der Waals surface area contributed by atoms with Gasteiger partial charge in [-0.05, 0) is 35.6 Å². The van der Waals surface area contributed by atoms with Gasteiger partial charge in [-0.1, -0.05) is 26.0 Å². The highest BCUT2D eigenvalue weighted by Gasteiger charge is 2.32. The van der Waals surface area contributed by atoms with Gasteiger partial charge in [0.05, 0.1) is 5.56 Å². The summed E-state index contributed by atoms with van der Waals surface area (Å²) in [7, 11) is -3.90. The molecule has 0 bridgehead atoms. The molecule has 10 heteroatoms. The van der Waals surface area contributed by atoms with Gasteiger partial charge in [-0.25, -0.2) is 8.42 Å². The van der Waals surface area contributed by atoms with Gasteiger partial charge >= 0.3 is 6.18 Å². The van der Waals surface area contributed by atoms with Crippen LogP contribution in [0.25, 0.3) is 0 Å². The average molecular weight is 406 g/mol. The minimum absolute atomic E-state index is 0.0509. The normalized spacial score (nSPS) is 13.6. The van der Waals surface area contributed by atoms with E-state index in [-0.39, 0.29) is 9.90 Å². The smallest absolute Gasteiger partial charge is 0.325 e. The highest BCUT2D eigenvalue weighted by atomic mass is 32.2. The molecule has 2 aromatic rings. The van der Waals surface area contributed by atoms with Gasteiger partial charge in [-0.2, -0.15) is 17.9 Å². The van der Waals surface area contributed by atoms with Gasteiger partial charge in [0.25, 0.3) is 10.0 Å². The van der Waals surface area contributed by atoms with Crippen LogP contribution in [0.5, 0.6) is 0 Å². The second kappa shape index (κ2) is 7.77. The topological polar surface area (TPSA) is 75.3 Å². The van der Waals surface area contributed by atoms with Crippen molar-refractivity contribution in [2.75, 3.05) is 5.32 Å². The highest BCUT2D eigenvalue weighted by Crippen LogP contribution is 2.30. The summed E-state index contributed by atoms with van der Waals surface area (Å²) >= 11 is 0.997. The highest BCUT2D eigenvalue weighted by molar-refractivity contribution is 7.91. The monoisotopic (exact) mass is 406 g/mol. The van der Waals surface area contributed by atoms with Crippen LogP contribution in [0.4, 0.5) is 18.9 Å². The molecule has 1 amide bonds. The second-order valence-electron chi connectivity index (χ2n) is 5.84. The maximum absolute atomic E-state index is 12.8. The van der Waals surface area contributed by atoms with Crippen molar-refractivity contribution in [1.82, 2.24) is 4.72 Å². The van der Waals surface area contributed by atoms with E-state index in [0.717, 1.165) is 23.5 Å². The molecule has 2 rings (SSSR count). The van der Waals surface area contributed by atoms with Crippen LogP contribution in [0.1, 0.15) is 19.4 Å². The Morgan fingerprint density at radius 2 is 1.85 bits per heavy atom. The van der Waals surface area contributed by atoms with E-state index in [2.05, 4.69) is 10.0 Å². The number of carbonyl (C=O) groups excluding carboxylic acids is 1. The Kier molecular flexibility index (Phi) is 6.09. The summed E-state index contributed by atoms with van der Waals surface area (Å²) in [5.41, 5.74) is -0.971. The van der Waals surface area contributed by atoms with E-state index < -0.39 is 39.6 Å². The number of hydrogen-bond donors (Lipinski definition) is 2. The van der Waals surface area contributed by atoms with E-state index in [9.17, 15) is 26.4 Å². The van der Waals surface area contributed by atoms with Crippen LogP contribution in [0, 0.1) is 5.92 Å². The van der Waals surface area contributed by atoms with Crippen LogP contribution in [-0.2, 0) is 21.0 Å². The molecule has 0 radical (unpaired) electrons. The molecule has 5 nitrogen and oxygen atoms in total. The molecule has 142 valence electrons. The van der Waals surface area contributed by atoms with Gasteiger partial charge in [0.1, 0.15) is 10.3 Å². The summed E-state index contributed by atoms with van der Waals surface area (Å²) in [5, 5.41) is 3.93. The Morgan fingerprint density at radius 1 is 1.15 bits per heavy atom. The van der Waals surface area contributed by atoms with E-state index in [0.29, 0.717) is 0 Å². The quantitative estimate of drug-likeness (QED) is 0.768. The number of carbonyl (C=O) groups is 1. The van der Waals surface area contributed by atoms with E-state index in [4.69, 9.17) is 0 Å². The number of alkyl halides is 3. The third-order valence-corrected chi connectivity index (χ3v) is 6.29. The van der Waals surface area contributed by atoms with Crippen molar-refractivity contribution in [2.24, 2.45) is 5.92 Å². The standard InChI is InChI=1S/C16H17F3N2O3S2/c1-10(2)14(21-26(23,24)13-7-4-8-25-13)15(22)20-12-6-3-5-11(9-12)16(17,18)19/h3-10,14,21H,1-2H3,(H,20,22)/t14-/m1/s1. The van der Waals surface area contributed by atoms with Gasteiger partial charge in [-0.15, -0.1) is 11.3 Å². The summed E-state index contributed by atoms with van der Waals surface area (Å²) in [6.45, 7) is 3.26. The number of halogens is 3. The Hall–Kier alpha value is -1.91. The van der Waals surface area contributed by atoms with E-state index in [1.165, 1.54) is 18.2 Å². The van der Waals surface area contributed by atoms with Crippen LogP contribution in [-0.4, -0.2) is 20.4 Å². The molecule has 0 saturated carbocycles. The van der Waals surface area contributed by atoms with Crippen molar-refractivity contribution in [1.29, 1.82) is 0 Å². The van der Waals surface area contributed by atoms with E-state index in [1.54, 1.807) is 25.3 Å². The molecule has 0 aliphatic carbocycles. The maximum Gasteiger partial charge on any atom is 0.416 e. The number of thiophene rings is 1. The molecule has 0 saturated heterocycles. The number of nitrogens with one attached hydrogen (secondary N) is 2. The van der Waals surface area contributed by atoms with Crippen molar-refractivity contribution in [3.63, 3.8) is 0 Å². The Labute approximate surface area is 153 Å². The summed E-state index contributed by atoms with van der Waals surface area (Å²) in [5.74, 6) is -1.16. The third-order valence-electron chi connectivity index (χ3n) is 3.45. The SMILES string of the molecule is CC(C)[C@@H](NS(=O)(=O)c1cccs1)C(=O)Nc1cccc(C(F)(F)F)c1. The lowest BCUT2D eigenvalue weighted by Gasteiger charge is -2.21. The molecule has 0 aliphatic rings. The fourth-order valence-electron chi connectivity index (χ4n) is 2.13. The van der Waals surface area contributed by atoms with Crippen molar-refractivity contribution in [3.8, 4) is 0 Å². The summed E-state index contributed by atoms with van der Waals surface area (Å²) < 4.78 is 65.3. The van der Waals surface area contributed by atoms with Crippen molar-refractivity contribution in [3.05, 3.63) is 47.3 Å². The summed E-state index contributed by atoms with van der Waals surface area (Å²) in [6, 6.07) is 5.97. The first-order valence-corrected chi connectivity index (χ1v) is 9.91. The van der Waals surface area contributed by atoms with E-state index in [1.807, 2.05) is 0 Å². The third kappa shape index (κ3) is 5.05. The average Bonchev–Trinajstić information content (AvgIpc) is 3.07. The fraction of sp³-hybridized carbons (Fsp3) is 0.312. The molecule has 1 heterocycles. The first-order valence-electron chi connectivity index (χ1n) is 7.54. The lowest BCUT2D eigenvalue weighted by atomic mass is 10.0. The molecule has 1 atom stereocenters. The molecular formula is C16H17F3N2O3S2. The van der Waals surface area contributed by atoms with E-state index >= 15 is 0 Å². The molecule has 1 aromatic carbocycles. The van der Waals surface area contributed by atoms with Crippen molar-refractivity contribution < 1.29 is 26.4 Å². The predicted molar refractivity (Wildman–Crippen MR) is 93.3 cm³/mol. The fourth-order valence-corrected chi connectivity index (χ4v) is 4.48. The number of rotatable bonds is 6. The molecule has 1 aromatic heterocycles. The lowest BCUT2D eigenvalue weighted by molar-refractivity contribution is -0.137. The minimum Gasteiger partial charge on any atom is -0.325 e.